The average Bonchev–Trinajstić information content (AvgIpc) is 2.53. The third kappa shape index (κ3) is 4.95. The van der Waals surface area contributed by atoms with Crippen LogP contribution in [0.15, 0.2) is 34.2 Å². The van der Waals surface area contributed by atoms with E-state index in [-0.39, 0.29) is 10.9 Å². The van der Waals surface area contributed by atoms with Crippen molar-refractivity contribution in [3.63, 3.8) is 0 Å². The number of benzene rings is 1. The topological polar surface area (TPSA) is 125 Å². The van der Waals surface area contributed by atoms with Gasteiger partial charge < -0.3 is 15.7 Å². The summed E-state index contributed by atoms with van der Waals surface area (Å²) in [6.45, 7) is 2.38. The van der Waals surface area contributed by atoms with Crippen molar-refractivity contribution in [2.45, 2.75) is 37.5 Å². The Balaban J connectivity index is 1.91. The number of nitrogens with zero attached hydrogens (tertiary/aromatic N) is 1. The molecule has 0 atom stereocenters. The summed E-state index contributed by atoms with van der Waals surface area (Å²) in [7, 11) is -4.07. The van der Waals surface area contributed by atoms with Gasteiger partial charge in [0.2, 0.25) is 0 Å². The Morgan fingerprint density at radius 2 is 1.75 bits per heavy atom. The van der Waals surface area contributed by atoms with Crippen molar-refractivity contribution in [3.8, 4) is 0 Å². The molecule has 1 aromatic carbocycles. The number of aryl methyl sites for hydroxylation is 1. The Labute approximate surface area is 142 Å². The van der Waals surface area contributed by atoms with E-state index in [1.807, 2.05) is 6.92 Å². The zero-order valence-corrected chi connectivity index (χ0v) is 14.5. The van der Waals surface area contributed by atoms with Crippen LogP contribution in [0, 0.1) is 18.8 Å². The van der Waals surface area contributed by atoms with E-state index in [9.17, 15) is 13.2 Å². The summed E-state index contributed by atoms with van der Waals surface area (Å²) in [5.41, 5.74) is 11.5. The number of aliphatic imine (C=N–C) groups is 1. The molecule has 0 saturated heterocycles. The first-order valence-electron chi connectivity index (χ1n) is 7.88. The number of rotatable bonds is 5. The van der Waals surface area contributed by atoms with Gasteiger partial charge in [0, 0.05) is 6.54 Å². The van der Waals surface area contributed by atoms with Crippen LogP contribution >= 0.6 is 0 Å². The van der Waals surface area contributed by atoms with Crippen molar-refractivity contribution in [1.29, 1.82) is 0 Å². The molecule has 1 saturated carbocycles. The van der Waals surface area contributed by atoms with Crippen LogP contribution in [0.1, 0.15) is 31.2 Å². The molecule has 0 aliphatic heterocycles. The minimum absolute atomic E-state index is 0.0112. The van der Waals surface area contributed by atoms with Crippen LogP contribution in [-0.4, -0.2) is 26.9 Å². The van der Waals surface area contributed by atoms with Gasteiger partial charge in [0.15, 0.2) is 5.96 Å². The fraction of sp³-hybridized carbons (Fsp3) is 0.500. The molecule has 1 fully saturated rings. The summed E-state index contributed by atoms with van der Waals surface area (Å²) in [4.78, 5) is 16.1. The maximum absolute atomic E-state index is 12.2. The van der Waals surface area contributed by atoms with Gasteiger partial charge >= 0.3 is 16.1 Å². The molecule has 8 heteroatoms. The Morgan fingerprint density at radius 1 is 1.17 bits per heavy atom. The SMILES string of the molecule is Cc1ccc(S(=O)(=O)OC(=O)C2CCC(CN=C(N)N)CC2)cc1. The third-order valence-electron chi connectivity index (χ3n) is 4.21. The van der Waals surface area contributed by atoms with Crippen LogP contribution in [0.3, 0.4) is 0 Å². The summed E-state index contributed by atoms with van der Waals surface area (Å²) in [5.74, 6) is -0.720. The standard InChI is InChI=1S/C16H23N3O4S/c1-11-2-8-14(9-3-11)24(21,22)23-15(20)13-6-4-12(5-7-13)10-19-16(17)18/h2-3,8-9,12-13H,4-7,10H2,1H3,(H4,17,18,19). The first-order chi connectivity index (χ1) is 11.3. The molecule has 2 rings (SSSR count). The van der Waals surface area contributed by atoms with Crippen molar-refractivity contribution in [3.05, 3.63) is 29.8 Å². The van der Waals surface area contributed by atoms with Crippen LogP contribution in [0.25, 0.3) is 0 Å². The highest BCUT2D eigenvalue weighted by Gasteiger charge is 2.31. The summed E-state index contributed by atoms with van der Waals surface area (Å²) in [6.07, 6.45) is 2.68. The molecule has 4 N–H and O–H groups in total. The molecule has 1 aliphatic rings. The van der Waals surface area contributed by atoms with Gasteiger partial charge in [-0.25, -0.2) is 0 Å². The monoisotopic (exact) mass is 353 g/mol. The lowest BCUT2D eigenvalue weighted by Crippen LogP contribution is -2.28. The predicted molar refractivity (Wildman–Crippen MR) is 90.6 cm³/mol. The molecule has 0 unspecified atom stereocenters. The predicted octanol–water partition coefficient (Wildman–Crippen LogP) is 1.31. The van der Waals surface area contributed by atoms with E-state index >= 15 is 0 Å². The van der Waals surface area contributed by atoms with E-state index in [0.29, 0.717) is 25.3 Å². The second-order valence-corrected chi connectivity index (χ2v) is 7.70. The normalized spacial score (nSPS) is 21.0. The second-order valence-electron chi connectivity index (χ2n) is 6.15. The highest BCUT2D eigenvalue weighted by molar-refractivity contribution is 7.87. The molecule has 0 aromatic heterocycles. The fourth-order valence-electron chi connectivity index (χ4n) is 2.74. The molecule has 24 heavy (non-hydrogen) atoms. The number of nitrogens with two attached hydrogens (primary N) is 2. The van der Waals surface area contributed by atoms with Crippen LogP contribution in [0.4, 0.5) is 0 Å². The van der Waals surface area contributed by atoms with E-state index in [4.69, 9.17) is 15.7 Å². The first-order valence-corrected chi connectivity index (χ1v) is 9.29. The van der Waals surface area contributed by atoms with Gasteiger partial charge in [-0.15, -0.1) is 0 Å². The molecule has 132 valence electrons. The molecule has 0 bridgehead atoms. The van der Waals surface area contributed by atoms with Gasteiger partial charge in [0.05, 0.1) is 5.92 Å². The zero-order chi connectivity index (χ0) is 17.7. The molecular weight excluding hydrogens is 330 g/mol. The molecule has 0 amide bonds. The average molecular weight is 353 g/mol. The summed E-state index contributed by atoms with van der Waals surface area (Å²) in [5, 5.41) is 0. The molecule has 7 nitrogen and oxygen atoms in total. The Kier molecular flexibility index (Phi) is 5.82. The van der Waals surface area contributed by atoms with E-state index < -0.39 is 22.0 Å². The minimum atomic E-state index is -4.07. The summed E-state index contributed by atoms with van der Waals surface area (Å²) in [6, 6.07) is 6.19. The summed E-state index contributed by atoms with van der Waals surface area (Å²) >= 11 is 0. The number of carbonyl (C=O) groups excluding carboxylic acids is 1. The van der Waals surface area contributed by atoms with Crippen LogP contribution in [0.2, 0.25) is 0 Å². The van der Waals surface area contributed by atoms with Gasteiger partial charge in [-0.05, 0) is 50.7 Å². The number of guanidine groups is 1. The molecule has 0 spiro atoms. The molecule has 0 radical (unpaired) electrons. The van der Waals surface area contributed by atoms with Gasteiger partial charge in [0.25, 0.3) is 0 Å². The molecule has 0 heterocycles. The van der Waals surface area contributed by atoms with E-state index in [2.05, 4.69) is 4.99 Å². The van der Waals surface area contributed by atoms with E-state index in [1.54, 1.807) is 12.1 Å². The first kappa shape index (κ1) is 18.3. The minimum Gasteiger partial charge on any atom is -0.370 e. The Morgan fingerprint density at radius 3 is 2.29 bits per heavy atom. The van der Waals surface area contributed by atoms with Crippen LogP contribution in [-0.2, 0) is 19.1 Å². The number of carbonyl (C=O) groups is 1. The quantitative estimate of drug-likeness (QED) is 0.467. The molecule has 1 aromatic rings. The van der Waals surface area contributed by atoms with Gasteiger partial charge in [-0.2, -0.15) is 8.42 Å². The molecular formula is C16H23N3O4S. The maximum Gasteiger partial charge on any atom is 0.341 e. The molecule has 1 aliphatic carbocycles. The maximum atomic E-state index is 12.2. The Bertz CT molecular complexity index is 701. The zero-order valence-electron chi connectivity index (χ0n) is 13.6. The van der Waals surface area contributed by atoms with Gasteiger partial charge in [0.1, 0.15) is 4.90 Å². The lowest BCUT2D eigenvalue weighted by Gasteiger charge is -2.25. The third-order valence-corrected chi connectivity index (χ3v) is 5.45. The van der Waals surface area contributed by atoms with Crippen LogP contribution in [0.5, 0.6) is 0 Å². The van der Waals surface area contributed by atoms with Crippen molar-refractivity contribution in [2.24, 2.45) is 28.3 Å². The highest BCUT2D eigenvalue weighted by atomic mass is 32.2. The van der Waals surface area contributed by atoms with Gasteiger partial charge in [-0.3, -0.25) is 9.79 Å². The Hall–Kier alpha value is -2.09. The van der Waals surface area contributed by atoms with Crippen LogP contribution < -0.4 is 11.5 Å². The largest absolute Gasteiger partial charge is 0.370 e. The van der Waals surface area contributed by atoms with Crippen molar-refractivity contribution >= 4 is 22.0 Å². The van der Waals surface area contributed by atoms with E-state index in [0.717, 1.165) is 18.4 Å². The van der Waals surface area contributed by atoms with Crippen molar-refractivity contribution in [1.82, 2.24) is 0 Å². The van der Waals surface area contributed by atoms with Crippen molar-refractivity contribution < 1.29 is 17.4 Å². The fourth-order valence-corrected chi connectivity index (χ4v) is 3.66. The number of hydrogen-bond acceptors (Lipinski definition) is 5. The number of hydrogen-bond donors (Lipinski definition) is 2. The second kappa shape index (κ2) is 7.65. The smallest absolute Gasteiger partial charge is 0.341 e. The summed E-state index contributed by atoms with van der Waals surface area (Å²) < 4.78 is 29.1. The lowest BCUT2D eigenvalue weighted by atomic mass is 9.82. The van der Waals surface area contributed by atoms with Gasteiger partial charge in [-0.1, -0.05) is 17.7 Å². The highest BCUT2D eigenvalue weighted by Crippen LogP contribution is 2.30. The van der Waals surface area contributed by atoms with Crippen molar-refractivity contribution in [2.75, 3.05) is 6.54 Å². The van der Waals surface area contributed by atoms with E-state index in [1.165, 1.54) is 12.1 Å². The lowest BCUT2D eigenvalue weighted by molar-refractivity contribution is -0.139.